The molecule has 31 heavy (non-hydrogen) atoms. The van der Waals surface area contributed by atoms with Gasteiger partial charge < -0.3 is 34.4 Å². The molecule has 162 valence electrons. The van der Waals surface area contributed by atoms with Gasteiger partial charge in [-0.2, -0.15) is 4.98 Å². The Balaban J connectivity index is 1.24. The fourth-order valence-electron chi connectivity index (χ4n) is 4.26. The van der Waals surface area contributed by atoms with Gasteiger partial charge in [-0.25, -0.2) is 9.37 Å². The third-order valence-electron chi connectivity index (χ3n) is 5.73. The van der Waals surface area contributed by atoms with Crippen molar-refractivity contribution in [3.63, 3.8) is 0 Å². The van der Waals surface area contributed by atoms with Crippen LogP contribution in [0.15, 0.2) is 24.3 Å². The predicted molar refractivity (Wildman–Crippen MR) is 107 cm³/mol. The first kappa shape index (κ1) is 19.1. The molecule has 1 aromatic carbocycles. The van der Waals surface area contributed by atoms with Gasteiger partial charge in [0.15, 0.2) is 11.8 Å². The van der Waals surface area contributed by atoms with Crippen LogP contribution in [-0.2, 0) is 9.47 Å². The maximum atomic E-state index is 14.3. The SMILES string of the molecule is O[C@@H]1CO[C@H]2[C@@H]1OC[C@H]2Oc1nc2nc(N[C@H]3COc4cccc(F)c43)c(Cl)cc2[nH]1. The Hall–Kier alpha value is -2.66. The molecule has 0 aliphatic carbocycles. The van der Waals surface area contributed by atoms with Crippen molar-refractivity contribution in [1.29, 1.82) is 0 Å². The van der Waals surface area contributed by atoms with Crippen molar-refractivity contribution < 1.29 is 28.4 Å². The van der Waals surface area contributed by atoms with Crippen molar-refractivity contribution in [2.75, 3.05) is 25.1 Å². The number of rotatable bonds is 4. The second kappa shape index (κ2) is 7.20. The predicted octanol–water partition coefficient (Wildman–Crippen LogP) is 2.20. The third-order valence-corrected chi connectivity index (χ3v) is 6.02. The van der Waals surface area contributed by atoms with Gasteiger partial charge in [-0.3, -0.25) is 0 Å². The number of aliphatic hydroxyl groups excluding tert-OH is 1. The van der Waals surface area contributed by atoms with Gasteiger partial charge in [0.05, 0.1) is 35.4 Å². The third kappa shape index (κ3) is 3.18. The maximum absolute atomic E-state index is 14.3. The van der Waals surface area contributed by atoms with E-state index in [1.807, 2.05) is 0 Å². The van der Waals surface area contributed by atoms with Crippen LogP contribution in [0.4, 0.5) is 10.2 Å². The Labute approximate surface area is 180 Å². The first-order valence-electron chi connectivity index (χ1n) is 9.89. The van der Waals surface area contributed by atoms with E-state index in [0.717, 1.165) is 0 Å². The Morgan fingerprint density at radius 2 is 2.06 bits per heavy atom. The van der Waals surface area contributed by atoms with Crippen LogP contribution >= 0.6 is 11.6 Å². The molecule has 0 bridgehead atoms. The molecule has 2 saturated heterocycles. The molecule has 5 atom stereocenters. The lowest BCUT2D eigenvalue weighted by Gasteiger charge is -2.15. The minimum absolute atomic E-state index is 0.218. The van der Waals surface area contributed by atoms with Crippen LogP contribution in [0.5, 0.6) is 11.8 Å². The summed E-state index contributed by atoms with van der Waals surface area (Å²) >= 11 is 6.40. The molecule has 3 aromatic rings. The Bertz CT molecular complexity index is 1160. The number of H-pyrrole nitrogens is 1. The number of aliphatic hydroxyl groups is 1. The van der Waals surface area contributed by atoms with Crippen LogP contribution in [0, 0.1) is 5.82 Å². The lowest BCUT2D eigenvalue weighted by Crippen LogP contribution is -2.34. The molecule has 0 spiro atoms. The average molecular weight is 449 g/mol. The summed E-state index contributed by atoms with van der Waals surface area (Å²) in [5.74, 6) is 0.515. The van der Waals surface area contributed by atoms with Crippen LogP contribution in [0.3, 0.4) is 0 Å². The van der Waals surface area contributed by atoms with Gasteiger partial charge in [0.1, 0.15) is 42.3 Å². The van der Waals surface area contributed by atoms with Crippen molar-refractivity contribution in [3.05, 3.63) is 40.7 Å². The van der Waals surface area contributed by atoms with Crippen LogP contribution in [0.25, 0.3) is 11.2 Å². The summed E-state index contributed by atoms with van der Waals surface area (Å²) < 4.78 is 36.9. The van der Waals surface area contributed by atoms with E-state index in [-0.39, 0.29) is 37.8 Å². The van der Waals surface area contributed by atoms with Crippen LogP contribution in [0.2, 0.25) is 5.02 Å². The molecule has 0 amide bonds. The maximum Gasteiger partial charge on any atom is 0.296 e. The van der Waals surface area contributed by atoms with E-state index in [9.17, 15) is 9.50 Å². The average Bonchev–Trinajstić information content (AvgIpc) is 3.50. The molecule has 3 aliphatic rings. The summed E-state index contributed by atoms with van der Waals surface area (Å²) in [7, 11) is 0. The van der Waals surface area contributed by atoms with E-state index < -0.39 is 24.4 Å². The van der Waals surface area contributed by atoms with Crippen LogP contribution in [-0.4, -0.2) is 64.3 Å². The van der Waals surface area contributed by atoms with E-state index in [4.69, 9.17) is 30.5 Å². The Morgan fingerprint density at radius 3 is 2.97 bits per heavy atom. The van der Waals surface area contributed by atoms with Crippen molar-refractivity contribution in [2.24, 2.45) is 0 Å². The summed E-state index contributed by atoms with van der Waals surface area (Å²) in [5.41, 5.74) is 1.42. The smallest absolute Gasteiger partial charge is 0.296 e. The van der Waals surface area contributed by atoms with Crippen molar-refractivity contribution in [2.45, 2.75) is 30.5 Å². The molecule has 11 heteroatoms. The number of hydrogen-bond donors (Lipinski definition) is 3. The zero-order valence-electron chi connectivity index (χ0n) is 16.0. The van der Waals surface area contributed by atoms with Crippen molar-refractivity contribution >= 4 is 28.6 Å². The molecular weight excluding hydrogens is 431 g/mol. The first-order chi connectivity index (χ1) is 15.1. The van der Waals surface area contributed by atoms with E-state index in [0.29, 0.717) is 33.3 Å². The fraction of sp³-hybridized carbons (Fsp3) is 0.400. The molecule has 2 aromatic heterocycles. The summed E-state index contributed by atoms with van der Waals surface area (Å²) in [6.45, 7) is 0.768. The fourth-order valence-corrected chi connectivity index (χ4v) is 4.46. The Kier molecular flexibility index (Phi) is 4.42. The molecule has 0 radical (unpaired) electrons. The standard InChI is InChI=1S/C20H18ClFN4O5/c21-8-4-10-19(25-18(8)23-11-5-28-13-3-1-2-9(22)15(11)13)26-20(24-10)31-14-7-30-16-12(27)6-29-17(14)16/h1-4,11-12,14,16-17,27H,5-7H2,(H2,23,24,25,26)/t11-,12+,14+,16+,17+/m0/s1. The first-order valence-corrected chi connectivity index (χ1v) is 10.3. The van der Waals surface area contributed by atoms with Gasteiger partial charge in [-0.05, 0) is 18.2 Å². The van der Waals surface area contributed by atoms with Gasteiger partial charge >= 0.3 is 0 Å². The number of nitrogens with zero attached hydrogens (tertiary/aromatic N) is 2. The van der Waals surface area contributed by atoms with E-state index in [2.05, 4.69) is 20.3 Å². The highest BCUT2D eigenvalue weighted by Gasteiger charge is 2.48. The van der Waals surface area contributed by atoms with Gasteiger partial charge in [-0.15, -0.1) is 0 Å². The molecule has 0 unspecified atom stereocenters. The molecule has 0 saturated carbocycles. The Morgan fingerprint density at radius 1 is 1.19 bits per heavy atom. The number of imidazole rings is 1. The summed E-state index contributed by atoms with van der Waals surface area (Å²) in [6, 6.07) is 6.21. The highest BCUT2D eigenvalue weighted by Crippen LogP contribution is 2.38. The minimum atomic E-state index is -0.655. The number of halogens is 2. The highest BCUT2D eigenvalue weighted by molar-refractivity contribution is 6.33. The molecule has 3 N–H and O–H groups in total. The number of nitrogens with one attached hydrogen (secondary N) is 2. The van der Waals surface area contributed by atoms with Crippen LogP contribution in [0.1, 0.15) is 11.6 Å². The molecular formula is C20H18ClFN4O5. The molecule has 6 rings (SSSR count). The van der Waals surface area contributed by atoms with E-state index in [1.165, 1.54) is 6.07 Å². The number of aromatic amines is 1. The number of aromatic nitrogens is 3. The number of fused-ring (bicyclic) bond motifs is 3. The monoisotopic (exact) mass is 448 g/mol. The molecule has 5 heterocycles. The number of pyridine rings is 1. The van der Waals surface area contributed by atoms with E-state index >= 15 is 0 Å². The quantitative estimate of drug-likeness (QED) is 0.557. The zero-order chi connectivity index (χ0) is 21.1. The normalized spacial score (nSPS) is 29.1. The summed E-state index contributed by atoms with van der Waals surface area (Å²) in [4.78, 5) is 11.9. The van der Waals surface area contributed by atoms with Gasteiger partial charge in [0, 0.05) is 0 Å². The number of hydrogen-bond acceptors (Lipinski definition) is 8. The summed E-state index contributed by atoms with van der Waals surface area (Å²) in [6.07, 6.45) is -1.80. The molecule has 2 fully saturated rings. The second-order valence-corrected chi connectivity index (χ2v) is 8.12. The number of ether oxygens (including phenoxy) is 4. The molecule has 9 nitrogen and oxygen atoms in total. The minimum Gasteiger partial charge on any atom is -0.491 e. The molecule has 3 aliphatic heterocycles. The highest BCUT2D eigenvalue weighted by atomic mass is 35.5. The largest absolute Gasteiger partial charge is 0.491 e. The van der Waals surface area contributed by atoms with Crippen molar-refractivity contribution in [3.8, 4) is 11.8 Å². The summed E-state index contributed by atoms with van der Waals surface area (Å²) in [5, 5.41) is 13.4. The van der Waals surface area contributed by atoms with Gasteiger partial charge in [-0.1, -0.05) is 17.7 Å². The topological polar surface area (TPSA) is 111 Å². The number of benzene rings is 1. The van der Waals surface area contributed by atoms with Gasteiger partial charge in [0.2, 0.25) is 0 Å². The zero-order valence-corrected chi connectivity index (χ0v) is 16.8. The lowest BCUT2D eigenvalue weighted by molar-refractivity contribution is 0.00706. The van der Waals surface area contributed by atoms with Gasteiger partial charge in [0.25, 0.3) is 6.01 Å². The second-order valence-electron chi connectivity index (χ2n) is 7.71. The van der Waals surface area contributed by atoms with E-state index in [1.54, 1.807) is 18.2 Å². The lowest BCUT2D eigenvalue weighted by atomic mass is 10.1. The number of anilines is 1. The van der Waals surface area contributed by atoms with Crippen LogP contribution < -0.4 is 14.8 Å². The van der Waals surface area contributed by atoms with Crippen molar-refractivity contribution in [1.82, 2.24) is 15.0 Å².